The number of thiophene rings is 2. The van der Waals surface area contributed by atoms with E-state index < -0.39 is 0 Å². The van der Waals surface area contributed by atoms with Gasteiger partial charge in [-0.15, -0.1) is 11.3 Å². The van der Waals surface area contributed by atoms with Crippen LogP contribution in [0.25, 0.3) is 33.5 Å². The van der Waals surface area contributed by atoms with Crippen molar-refractivity contribution >= 4 is 64.0 Å². The van der Waals surface area contributed by atoms with E-state index in [-0.39, 0.29) is 0 Å². The number of halogens is 1. The van der Waals surface area contributed by atoms with Gasteiger partial charge in [-0.3, -0.25) is 0 Å². The van der Waals surface area contributed by atoms with Gasteiger partial charge < -0.3 is 19.6 Å². The number of fused-ring (bicyclic) bond motifs is 2. The lowest BCUT2D eigenvalue weighted by molar-refractivity contribution is 0.455. The van der Waals surface area contributed by atoms with E-state index >= 15 is 0 Å². The zero-order valence-electron chi connectivity index (χ0n) is 16.6. The molecular formula is C22H17BClN4O2S2. The lowest BCUT2D eigenvalue weighted by Crippen LogP contribution is -1.97. The zero-order chi connectivity index (χ0) is 22.2. The maximum Gasteiger partial charge on any atom is 0.569 e. The van der Waals surface area contributed by atoms with Gasteiger partial charge in [0.05, 0.1) is 22.1 Å². The number of para-hydroxylation sites is 4. The van der Waals surface area contributed by atoms with Crippen LogP contribution in [0.15, 0.2) is 82.2 Å². The van der Waals surface area contributed by atoms with E-state index in [0.29, 0.717) is 18.7 Å². The van der Waals surface area contributed by atoms with Crippen LogP contribution in [0.5, 0.6) is 5.75 Å². The van der Waals surface area contributed by atoms with Crippen molar-refractivity contribution in [2.75, 3.05) is 0 Å². The molecule has 0 unspecified atom stereocenters. The minimum Gasteiger partial charge on any atom is -0.537 e. The van der Waals surface area contributed by atoms with Crippen LogP contribution >= 0.6 is 34.3 Å². The molecule has 0 aliphatic rings. The highest BCUT2D eigenvalue weighted by Crippen LogP contribution is 2.22. The number of imidazole rings is 2. The topological polar surface area (TPSA) is 86.8 Å². The molecule has 6 nitrogen and oxygen atoms in total. The first kappa shape index (κ1) is 22.1. The Balaban J connectivity index is 0.000000121. The zero-order valence-corrected chi connectivity index (χ0v) is 19.0. The number of aromatic nitrogens is 4. The lowest BCUT2D eigenvalue weighted by Gasteiger charge is -1.91. The molecule has 0 amide bonds. The smallest absolute Gasteiger partial charge is 0.537 e. The molecule has 0 saturated carbocycles. The van der Waals surface area contributed by atoms with Crippen LogP contribution in [0, 0.1) is 0 Å². The average molecular weight is 480 g/mol. The van der Waals surface area contributed by atoms with E-state index in [1.54, 1.807) is 22.8 Å². The van der Waals surface area contributed by atoms with Crippen LogP contribution in [-0.4, -0.2) is 32.6 Å². The largest absolute Gasteiger partial charge is 0.569 e. The Bertz CT molecular complexity index is 1300. The second-order valence-corrected chi connectivity index (χ2v) is 8.26. The molecule has 0 bridgehead atoms. The summed E-state index contributed by atoms with van der Waals surface area (Å²) in [5.74, 6) is 1.63. The lowest BCUT2D eigenvalue weighted by atomic mass is 10.3. The number of hydrogen-bond acceptors (Lipinski definition) is 6. The quantitative estimate of drug-likeness (QED) is 0.265. The Morgan fingerprint density at radius 3 is 2.06 bits per heavy atom. The molecule has 4 heterocycles. The molecule has 2 aromatic carbocycles. The van der Waals surface area contributed by atoms with Gasteiger partial charge in [-0.05, 0) is 58.8 Å². The second-order valence-electron chi connectivity index (χ2n) is 6.34. The molecule has 3 N–H and O–H groups in total. The summed E-state index contributed by atoms with van der Waals surface area (Å²) in [5.41, 5.74) is 5.16. The number of rotatable bonds is 3. The number of nitrogens with one attached hydrogen (secondary N) is 2. The highest BCUT2D eigenvalue weighted by Gasteiger charge is 2.03. The Labute approximate surface area is 197 Å². The van der Waals surface area contributed by atoms with E-state index in [9.17, 15) is 0 Å². The fourth-order valence-corrected chi connectivity index (χ4v) is 4.18. The Morgan fingerprint density at radius 2 is 1.47 bits per heavy atom. The predicted octanol–water partition coefficient (Wildman–Crippen LogP) is 6.16. The van der Waals surface area contributed by atoms with E-state index in [1.807, 2.05) is 53.9 Å². The van der Waals surface area contributed by atoms with Crippen molar-refractivity contribution in [3.63, 3.8) is 0 Å². The summed E-state index contributed by atoms with van der Waals surface area (Å²) in [5, 5.41) is 16.4. The van der Waals surface area contributed by atoms with Gasteiger partial charge in [0, 0.05) is 16.3 Å². The van der Waals surface area contributed by atoms with Crippen molar-refractivity contribution in [3.8, 4) is 17.1 Å². The van der Waals surface area contributed by atoms with Crippen LogP contribution in [0.2, 0.25) is 5.28 Å². The van der Waals surface area contributed by atoms with E-state index in [1.165, 1.54) is 11.3 Å². The van der Waals surface area contributed by atoms with Gasteiger partial charge >= 0.3 is 7.69 Å². The summed E-state index contributed by atoms with van der Waals surface area (Å²) >= 11 is 8.82. The first-order valence-electron chi connectivity index (χ1n) is 9.45. The highest BCUT2D eigenvalue weighted by molar-refractivity contribution is 7.08. The van der Waals surface area contributed by atoms with E-state index in [4.69, 9.17) is 16.6 Å². The van der Waals surface area contributed by atoms with Gasteiger partial charge in [0.1, 0.15) is 11.6 Å². The number of aromatic amines is 2. The molecule has 6 aromatic rings. The molecule has 0 fully saturated rings. The predicted molar refractivity (Wildman–Crippen MR) is 133 cm³/mol. The van der Waals surface area contributed by atoms with E-state index in [2.05, 4.69) is 41.4 Å². The molecular weight excluding hydrogens is 463 g/mol. The molecule has 0 atom stereocenters. The fourth-order valence-electron chi connectivity index (χ4n) is 2.79. The SMILES string of the molecule is Clc1nc2ccccc2[nH]1.O[B]Oc1ccsc1.c1ccc2[nH]c(-c3ccsc3)nc2c1. The maximum atomic E-state index is 8.10. The molecule has 10 heteroatoms. The summed E-state index contributed by atoms with van der Waals surface area (Å²) in [6.07, 6.45) is 0. The Hall–Kier alpha value is -3.11. The van der Waals surface area contributed by atoms with Crippen LogP contribution in [0.3, 0.4) is 0 Å². The summed E-state index contributed by atoms with van der Waals surface area (Å²) in [6.45, 7) is 0. The van der Waals surface area contributed by atoms with Gasteiger partial charge in [-0.1, -0.05) is 24.3 Å². The standard InChI is InChI=1S/C11H8N2S.C7H5ClN2.C4H4BO2S/c1-2-4-10-9(3-1)12-11(13-10)8-5-6-14-7-8;8-7-9-5-3-1-2-4-6(5)10-7;6-5-7-4-1-2-8-3-4/h1-7H,(H,12,13);1-4H,(H,9,10);1-3,6H. The molecule has 4 aromatic heterocycles. The molecule has 0 spiro atoms. The van der Waals surface area contributed by atoms with Crippen molar-refractivity contribution in [2.24, 2.45) is 0 Å². The third kappa shape index (κ3) is 5.77. The summed E-state index contributed by atoms with van der Waals surface area (Å²) < 4.78 is 4.59. The van der Waals surface area contributed by atoms with Gasteiger partial charge in [-0.2, -0.15) is 11.3 Å². The number of hydrogen-bond donors (Lipinski definition) is 3. The molecule has 159 valence electrons. The summed E-state index contributed by atoms with van der Waals surface area (Å²) in [7, 11) is 0.669. The van der Waals surface area contributed by atoms with Crippen molar-refractivity contribution in [1.82, 2.24) is 19.9 Å². The van der Waals surface area contributed by atoms with Gasteiger partial charge in [0.15, 0.2) is 0 Å². The van der Waals surface area contributed by atoms with Gasteiger partial charge in [0.2, 0.25) is 5.28 Å². The minimum absolute atomic E-state index is 0.446. The summed E-state index contributed by atoms with van der Waals surface area (Å²) in [4.78, 5) is 14.7. The van der Waals surface area contributed by atoms with Gasteiger partial charge in [0.25, 0.3) is 0 Å². The third-order valence-corrected chi connectivity index (χ3v) is 5.75. The van der Waals surface area contributed by atoms with E-state index in [0.717, 1.165) is 33.5 Å². The average Bonchev–Trinajstić information content (AvgIpc) is 3.60. The molecule has 32 heavy (non-hydrogen) atoms. The molecule has 6 rings (SSSR count). The monoisotopic (exact) mass is 479 g/mol. The van der Waals surface area contributed by atoms with Gasteiger partial charge in [-0.25, -0.2) is 9.97 Å². The highest BCUT2D eigenvalue weighted by atomic mass is 35.5. The third-order valence-electron chi connectivity index (χ3n) is 4.23. The van der Waals surface area contributed by atoms with Crippen molar-refractivity contribution in [2.45, 2.75) is 0 Å². The maximum absolute atomic E-state index is 8.10. The minimum atomic E-state index is 0.446. The molecule has 0 saturated heterocycles. The van der Waals surface area contributed by atoms with Crippen molar-refractivity contribution in [1.29, 1.82) is 0 Å². The number of benzene rings is 2. The number of H-pyrrole nitrogens is 2. The molecule has 0 aliphatic carbocycles. The Kier molecular flexibility index (Phi) is 7.57. The Morgan fingerprint density at radius 1 is 0.812 bits per heavy atom. The second kappa shape index (κ2) is 11.0. The number of nitrogens with zero attached hydrogens (tertiary/aromatic N) is 2. The van der Waals surface area contributed by atoms with Crippen LogP contribution in [0.4, 0.5) is 0 Å². The van der Waals surface area contributed by atoms with Crippen molar-refractivity contribution < 1.29 is 9.68 Å². The van der Waals surface area contributed by atoms with Crippen LogP contribution in [0.1, 0.15) is 0 Å². The van der Waals surface area contributed by atoms with Crippen LogP contribution in [-0.2, 0) is 0 Å². The summed E-state index contributed by atoms with van der Waals surface area (Å²) in [6, 6.07) is 19.6. The first-order chi connectivity index (χ1) is 15.7. The fraction of sp³-hybridized carbons (Fsp3) is 0. The normalized spacial score (nSPS) is 10.2. The van der Waals surface area contributed by atoms with Crippen molar-refractivity contribution in [3.05, 3.63) is 87.5 Å². The molecule has 1 radical (unpaired) electrons. The molecule has 0 aliphatic heterocycles. The first-order valence-corrected chi connectivity index (χ1v) is 11.7. The van der Waals surface area contributed by atoms with Crippen LogP contribution < -0.4 is 4.65 Å².